The largest absolute Gasteiger partial charge is 0.464 e. The van der Waals surface area contributed by atoms with Crippen molar-refractivity contribution in [2.75, 3.05) is 13.6 Å². The number of furan rings is 1. The van der Waals surface area contributed by atoms with E-state index >= 15 is 0 Å². The van der Waals surface area contributed by atoms with Crippen molar-refractivity contribution in [3.63, 3.8) is 0 Å². The summed E-state index contributed by atoms with van der Waals surface area (Å²) in [5.74, 6) is 0.0899. The van der Waals surface area contributed by atoms with Gasteiger partial charge in [-0.15, -0.1) is 0 Å². The van der Waals surface area contributed by atoms with Crippen LogP contribution in [-0.4, -0.2) is 18.5 Å². The molecule has 0 bridgehead atoms. The van der Waals surface area contributed by atoms with Crippen molar-refractivity contribution < 1.29 is 8.81 Å². The second-order valence-corrected chi connectivity index (χ2v) is 5.77. The predicted octanol–water partition coefficient (Wildman–Crippen LogP) is 4.15. The van der Waals surface area contributed by atoms with Crippen LogP contribution < -0.4 is 0 Å². The summed E-state index contributed by atoms with van der Waals surface area (Å²) in [5.41, 5.74) is 4.74. The zero-order valence-corrected chi connectivity index (χ0v) is 11.8. The van der Waals surface area contributed by atoms with Crippen LogP contribution in [0.5, 0.6) is 0 Å². The molecule has 0 saturated heterocycles. The molecule has 0 amide bonds. The lowest BCUT2D eigenvalue weighted by Crippen LogP contribution is -2.31. The molecule has 2 aromatic carbocycles. The number of rotatable bonds is 1. The van der Waals surface area contributed by atoms with E-state index in [1.165, 1.54) is 16.5 Å². The van der Waals surface area contributed by atoms with Crippen molar-refractivity contribution in [1.29, 1.82) is 0 Å². The van der Waals surface area contributed by atoms with Crippen LogP contribution in [0.2, 0.25) is 0 Å². The first-order valence-electron chi connectivity index (χ1n) is 7.15. The highest BCUT2D eigenvalue weighted by Crippen LogP contribution is 2.37. The van der Waals surface area contributed by atoms with Crippen molar-refractivity contribution >= 4 is 11.0 Å². The summed E-state index contributed by atoms with van der Waals surface area (Å²) in [6.07, 6.45) is 1.74. The first-order chi connectivity index (χ1) is 10.2. The first kappa shape index (κ1) is 12.6. The normalized spacial score (nSPS) is 18.9. The van der Waals surface area contributed by atoms with Gasteiger partial charge < -0.3 is 9.32 Å². The topological polar surface area (TPSA) is 16.4 Å². The van der Waals surface area contributed by atoms with Gasteiger partial charge in [-0.05, 0) is 48.0 Å². The quantitative estimate of drug-likeness (QED) is 0.666. The SMILES string of the molecule is CN1Cc2c(ccc3occc23)[C@H](c2ccc(F)cc2)C1. The van der Waals surface area contributed by atoms with Crippen LogP contribution in [-0.2, 0) is 6.54 Å². The van der Waals surface area contributed by atoms with Gasteiger partial charge in [0.2, 0.25) is 0 Å². The maximum atomic E-state index is 13.2. The van der Waals surface area contributed by atoms with E-state index < -0.39 is 0 Å². The van der Waals surface area contributed by atoms with Crippen LogP contribution in [0.25, 0.3) is 11.0 Å². The van der Waals surface area contributed by atoms with Crippen LogP contribution >= 0.6 is 0 Å². The van der Waals surface area contributed by atoms with Gasteiger partial charge >= 0.3 is 0 Å². The van der Waals surface area contributed by atoms with Gasteiger partial charge in [0, 0.05) is 24.4 Å². The molecule has 2 heterocycles. The van der Waals surface area contributed by atoms with E-state index in [-0.39, 0.29) is 11.7 Å². The predicted molar refractivity (Wildman–Crippen MR) is 80.8 cm³/mol. The molecule has 1 aliphatic rings. The Morgan fingerprint density at radius 2 is 1.90 bits per heavy atom. The Hall–Kier alpha value is -2.13. The Morgan fingerprint density at radius 1 is 1.10 bits per heavy atom. The Bertz CT molecular complexity index is 791. The van der Waals surface area contributed by atoms with Gasteiger partial charge in [0.15, 0.2) is 0 Å². The summed E-state index contributed by atoms with van der Waals surface area (Å²) in [6.45, 7) is 1.87. The lowest BCUT2D eigenvalue weighted by molar-refractivity contribution is 0.296. The molecule has 0 radical (unpaired) electrons. The molecule has 0 saturated carbocycles. The molecule has 2 nitrogen and oxygen atoms in total. The van der Waals surface area contributed by atoms with Crippen molar-refractivity contribution in [1.82, 2.24) is 4.90 Å². The van der Waals surface area contributed by atoms with E-state index in [9.17, 15) is 4.39 Å². The summed E-state index contributed by atoms with van der Waals surface area (Å²) in [6, 6.07) is 13.1. The fourth-order valence-corrected chi connectivity index (χ4v) is 3.35. The Morgan fingerprint density at radius 3 is 2.71 bits per heavy atom. The van der Waals surface area contributed by atoms with Gasteiger partial charge in [0.1, 0.15) is 11.4 Å². The number of hydrogen-bond acceptors (Lipinski definition) is 2. The highest BCUT2D eigenvalue weighted by Gasteiger charge is 2.26. The average molecular weight is 281 g/mol. The molecule has 0 N–H and O–H groups in total. The maximum absolute atomic E-state index is 13.2. The number of fused-ring (bicyclic) bond motifs is 3. The first-order valence-corrected chi connectivity index (χ1v) is 7.15. The fourth-order valence-electron chi connectivity index (χ4n) is 3.35. The second kappa shape index (κ2) is 4.71. The molecule has 0 fully saturated rings. The van der Waals surface area contributed by atoms with E-state index in [0.29, 0.717) is 0 Å². The van der Waals surface area contributed by atoms with Crippen LogP contribution in [0, 0.1) is 5.82 Å². The van der Waals surface area contributed by atoms with Crippen LogP contribution in [0.4, 0.5) is 4.39 Å². The summed E-state index contributed by atoms with van der Waals surface area (Å²) in [4.78, 5) is 2.31. The van der Waals surface area contributed by atoms with Crippen LogP contribution in [0.3, 0.4) is 0 Å². The minimum absolute atomic E-state index is 0.187. The van der Waals surface area contributed by atoms with Crippen LogP contribution in [0.15, 0.2) is 53.1 Å². The molecule has 0 spiro atoms. The number of likely N-dealkylation sites (N-methyl/N-ethyl adjacent to an activating group) is 1. The van der Waals surface area contributed by atoms with Gasteiger partial charge in [-0.3, -0.25) is 0 Å². The molecular formula is C18H16FNO. The Balaban J connectivity index is 1.89. The van der Waals surface area contributed by atoms with E-state index in [2.05, 4.69) is 18.0 Å². The molecule has 21 heavy (non-hydrogen) atoms. The molecule has 3 aromatic rings. The molecule has 0 aliphatic carbocycles. The molecule has 3 heteroatoms. The molecule has 106 valence electrons. The second-order valence-electron chi connectivity index (χ2n) is 5.77. The van der Waals surface area contributed by atoms with Gasteiger partial charge in [0.25, 0.3) is 0 Å². The summed E-state index contributed by atoms with van der Waals surface area (Å²) >= 11 is 0. The Labute approximate surface area is 122 Å². The van der Waals surface area contributed by atoms with Crippen molar-refractivity contribution in [2.24, 2.45) is 0 Å². The van der Waals surface area contributed by atoms with Gasteiger partial charge in [-0.25, -0.2) is 4.39 Å². The monoisotopic (exact) mass is 281 g/mol. The van der Waals surface area contributed by atoms with E-state index in [1.54, 1.807) is 18.4 Å². The zero-order valence-electron chi connectivity index (χ0n) is 11.8. The highest BCUT2D eigenvalue weighted by atomic mass is 19.1. The van der Waals surface area contributed by atoms with E-state index in [4.69, 9.17) is 4.42 Å². The zero-order chi connectivity index (χ0) is 14.4. The molecule has 1 atom stereocenters. The number of nitrogens with zero attached hydrogens (tertiary/aromatic N) is 1. The lowest BCUT2D eigenvalue weighted by Gasteiger charge is -2.33. The van der Waals surface area contributed by atoms with Gasteiger partial charge in [-0.1, -0.05) is 18.2 Å². The van der Waals surface area contributed by atoms with E-state index in [0.717, 1.165) is 24.2 Å². The fraction of sp³-hybridized carbons (Fsp3) is 0.222. The minimum atomic E-state index is -0.187. The molecular weight excluding hydrogens is 265 g/mol. The lowest BCUT2D eigenvalue weighted by atomic mass is 9.83. The Kier molecular flexibility index (Phi) is 2.82. The summed E-state index contributed by atoms with van der Waals surface area (Å²) in [7, 11) is 2.12. The molecule has 0 unspecified atom stereocenters. The molecule has 1 aliphatic heterocycles. The third-order valence-corrected chi connectivity index (χ3v) is 4.35. The number of hydrogen-bond donors (Lipinski definition) is 0. The van der Waals surface area contributed by atoms with Crippen molar-refractivity contribution in [3.05, 3.63) is 71.2 Å². The average Bonchev–Trinajstić information content (AvgIpc) is 2.96. The third kappa shape index (κ3) is 2.05. The van der Waals surface area contributed by atoms with Gasteiger partial charge in [0.05, 0.1) is 6.26 Å². The summed E-state index contributed by atoms with van der Waals surface area (Å²) in [5, 5.41) is 1.19. The van der Waals surface area contributed by atoms with E-state index in [1.807, 2.05) is 24.3 Å². The maximum Gasteiger partial charge on any atom is 0.134 e. The molecule has 4 rings (SSSR count). The standard InChI is InChI=1S/C18H16FNO/c1-20-10-16(12-2-4-13(19)5-3-12)14-6-7-18-15(8-9-21-18)17(14)11-20/h2-9,16H,10-11H2,1H3/t16-/m0/s1. The third-order valence-electron chi connectivity index (χ3n) is 4.35. The van der Waals surface area contributed by atoms with Crippen molar-refractivity contribution in [3.8, 4) is 0 Å². The smallest absolute Gasteiger partial charge is 0.134 e. The van der Waals surface area contributed by atoms with Gasteiger partial charge in [-0.2, -0.15) is 0 Å². The molecule has 1 aromatic heterocycles. The summed E-state index contributed by atoms with van der Waals surface area (Å²) < 4.78 is 18.7. The number of benzene rings is 2. The van der Waals surface area contributed by atoms with Crippen LogP contribution in [0.1, 0.15) is 22.6 Å². The highest BCUT2D eigenvalue weighted by molar-refractivity contribution is 5.83. The number of halogens is 1. The van der Waals surface area contributed by atoms with Crippen molar-refractivity contribution in [2.45, 2.75) is 12.5 Å². The minimum Gasteiger partial charge on any atom is -0.464 e.